The Hall–Kier alpha value is -3.52. The first-order chi connectivity index (χ1) is 15.7. The zero-order valence-corrected chi connectivity index (χ0v) is 18.0. The van der Waals surface area contributed by atoms with Gasteiger partial charge in [-0.2, -0.15) is 0 Å². The zero-order chi connectivity index (χ0) is 23.8. The molecule has 2 aromatic carbocycles. The molecule has 2 N–H and O–H groups in total. The number of nitrogens with one attached hydrogen (secondary N) is 2. The summed E-state index contributed by atoms with van der Waals surface area (Å²) >= 11 is 5.86. The second-order valence-electron chi connectivity index (χ2n) is 7.56. The van der Waals surface area contributed by atoms with Crippen molar-refractivity contribution in [2.45, 2.75) is 38.7 Å². The van der Waals surface area contributed by atoms with Crippen molar-refractivity contribution in [1.82, 2.24) is 20.2 Å². The Morgan fingerprint density at radius 3 is 2.66 bits per heavy atom. The van der Waals surface area contributed by atoms with Crippen LogP contribution in [0.4, 0.5) is 0 Å². The van der Waals surface area contributed by atoms with E-state index in [2.05, 4.69) is 15.6 Å². The van der Waals surface area contributed by atoms with Crippen LogP contribution in [0.25, 0.3) is 10.9 Å². The lowest BCUT2D eigenvalue weighted by Gasteiger charge is -2.24. The molecule has 0 bridgehead atoms. The van der Waals surface area contributed by atoms with Crippen LogP contribution in [0, 0.1) is 6.92 Å². The molecule has 9 heteroatoms. The van der Waals surface area contributed by atoms with Crippen LogP contribution in [0.2, 0.25) is 5.02 Å². The van der Waals surface area contributed by atoms with E-state index in [9.17, 15) is 19.2 Å². The van der Waals surface area contributed by atoms with Gasteiger partial charge in [0.05, 0.1) is 18.7 Å². The van der Waals surface area contributed by atoms with Crippen molar-refractivity contribution in [1.29, 1.82) is 0 Å². The fourth-order valence-electron chi connectivity index (χ4n) is 3.64. The van der Waals surface area contributed by atoms with Gasteiger partial charge < -0.3 is 5.32 Å². The summed E-state index contributed by atoms with van der Waals surface area (Å²) in [4.78, 5) is 53.9. The van der Waals surface area contributed by atoms with Crippen LogP contribution in [-0.2, 0) is 27.3 Å². The highest BCUT2D eigenvalue weighted by Crippen LogP contribution is 2.20. The molecule has 2 heterocycles. The first-order valence-corrected chi connectivity index (χ1v) is 10.4. The molecule has 8 nitrogen and oxygen atoms in total. The minimum Gasteiger partial charge on any atom is -0.352 e. The van der Waals surface area contributed by atoms with Gasteiger partial charge in [0.15, 0.2) is 0 Å². The molecule has 0 aliphatic carbocycles. The fourth-order valence-corrected chi connectivity index (χ4v) is 3.77. The third-order valence-electron chi connectivity index (χ3n) is 5.24. The Labute approximate surface area is 190 Å². The number of aryl methyl sites for hydroxylation is 1. The van der Waals surface area contributed by atoms with E-state index in [4.69, 9.17) is 13.0 Å². The van der Waals surface area contributed by atoms with Gasteiger partial charge in [0.25, 0.3) is 5.56 Å². The van der Waals surface area contributed by atoms with E-state index >= 15 is 0 Å². The molecular formula is C23H21ClN4O4. The van der Waals surface area contributed by atoms with Gasteiger partial charge in [0.1, 0.15) is 11.8 Å². The number of hydrogen-bond acceptors (Lipinski definition) is 5. The summed E-state index contributed by atoms with van der Waals surface area (Å²) in [7, 11) is 0. The zero-order valence-electron chi connectivity index (χ0n) is 18.3. The van der Waals surface area contributed by atoms with Crippen molar-refractivity contribution in [3.8, 4) is 0 Å². The second kappa shape index (κ2) is 8.92. The highest BCUT2D eigenvalue weighted by molar-refractivity contribution is 6.30. The maximum absolute atomic E-state index is 13.3. The van der Waals surface area contributed by atoms with Gasteiger partial charge in [-0.3, -0.25) is 29.1 Å². The van der Waals surface area contributed by atoms with Crippen molar-refractivity contribution in [3.05, 3.63) is 74.8 Å². The number of rotatable bonds is 5. The first-order valence-electron chi connectivity index (χ1n) is 10.6. The Bertz CT molecular complexity index is 1340. The molecule has 164 valence electrons. The summed E-state index contributed by atoms with van der Waals surface area (Å²) in [5.74, 6) is -1.31. The Morgan fingerprint density at radius 1 is 1.22 bits per heavy atom. The van der Waals surface area contributed by atoms with E-state index in [1.54, 1.807) is 49.4 Å². The Morgan fingerprint density at radius 2 is 1.94 bits per heavy atom. The van der Waals surface area contributed by atoms with Crippen LogP contribution in [0.3, 0.4) is 0 Å². The smallest absolute Gasteiger partial charge is 0.262 e. The number of piperidine rings is 1. The van der Waals surface area contributed by atoms with Crippen LogP contribution >= 0.6 is 11.6 Å². The predicted octanol–water partition coefficient (Wildman–Crippen LogP) is 2.19. The number of benzene rings is 2. The van der Waals surface area contributed by atoms with Crippen molar-refractivity contribution in [2.75, 3.05) is 0 Å². The van der Waals surface area contributed by atoms with Crippen molar-refractivity contribution >= 4 is 40.2 Å². The molecule has 1 fully saturated rings. The number of fused-ring (bicyclic) bond motifs is 1. The molecule has 1 saturated heterocycles. The van der Waals surface area contributed by atoms with Gasteiger partial charge in [-0.25, -0.2) is 4.98 Å². The molecule has 1 aromatic heterocycles. The summed E-state index contributed by atoms with van der Waals surface area (Å²) in [6.45, 7) is 1.74. The van der Waals surface area contributed by atoms with E-state index in [1.807, 2.05) is 0 Å². The van der Waals surface area contributed by atoms with Crippen LogP contribution in [0.15, 0.2) is 47.3 Å². The third kappa shape index (κ3) is 4.55. The lowest BCUT2D eigenvalue weighted by atomic mass is 10.0. The minimum absolute atomic E-state index is 0.0428. The van der Waals surface area contributed by atoms with Gasteiger partial charge in [0, 0.05) is 18.0 Å². The topological polar surface area (TPSA) is 110 Å². The average molecular weight is 454 g/mol. The number of halogens is 1. The molecule has 4 rings (SSSR count). The van der Waals surface area contributed by atoms with Crippen molar-refractivity contribution < 1.29 is 15.8 Å². The molecule has 1 aliphatic heterocycles. The average Bonchev–Trinajstić information content (AvgIpc) is 2.77. The van der Waals surface area contributed by atoms with E-state index in [0.717, 1.165) is 10.1 Å². The molecule has 3 aromatic rings. The van der Waals surface area contributed by atoms with Gasteiger partial charge in [-0.1, -0.05) is 29.8 Å². The molecule has 0 radical (unpaired) electrons. The minimum atomic E-state index is -1.96. The summed E-state index contributed by atoms with van der Waals surface area (Å²) in [6.07, 6.45) is 0.0262. The molecule has 0 unspecified atom stereocenters. The standard InChI is InChI=1S/C23H21ClN4O4/c1-13-26-18-7-4-15(12-25-21(30)11-14-2-5-16(24)6-3-14)10-17(18)23(32)28(13)19-8-9-20(29)27-22(19)31/h2-7,10,19H,8-9,11-12H2,1H3,(H,25,30)(H,27,29,31)/t19-/m0/s1/i19D. The largest absolute Gasteiger partial charge is 0.352 e. The number of amides is 3. The lowest BCUT2D eigenvalue weighted by Crippen LogP contribution is -2.45. The number of carbonyl (C=O) groups excluding carboxylic acids is 3. The summed E-state index contributed by atoms with van der Waals surface area (Å²) < 4.78 is 9.65. The van der Waals surface area contributed by atoms with Crippen LogP contribution in [0.5, 0.6) is 0 Å². The van der Waals surface area contributed by atoms with Crippen LogP contribution < -0.4 is 16.2 Å². The van der Waals surface area contributed by atoms with Gasteiger partial charge in [-0.15, -0.1) is 0 Å². The van der Waals surface area contributed by atoms with E-state index in [0.29, 0.717) is 16.1 Å². The summed E-state index contributed by atoms with van der Waals surface area (Å²) in [6, 6.07) is 10.0. The van der Waals surface area contributed by atoms with Gasteiger partial charge in [-0.05, 0) is 48.7 Å². The number of aromatic nitrogens is 2. The quantitative estimate of drug-likeness (QED) is 0.575. The van der Waals surface area contributed by atoms with E-state index in [-0.39, 0.29) is 42.9 Å². The predicted molar refractivity (Wildman–Crippen MR) is 119 cm³/mol. The lowest BCUT2D eigenvalue weighted by molar-refractivity contribution is -0.135. The molecule has 3 amide bonds. The first kappa shape index (κ1) is 20.4. The van der Waals surface area contributed by atoms with E-state index < -0.39 is 23.4 Å². The SMILES string of the molecule is [2H][C@]1(n2c(C)nc3ccc(CNC(=O)Cc4ccc(Cl)cc4)cc3c2=O)CCC(=O)NC1=O. The molecule has 1 atom stereocenters. The molecular weight excluding hydrogens is 432 g/mol. The molecule has 0 spiro atoms. The number of hydrogen-bond donors (Lipinski definition) is 2. The number of imide groups is 1. The molecule has 0 saturated carbocycles. The Kier molecular flexibility index (Phi) is 5.68. The highest BCUT2D eigenvalue weighted by Gasteiger charge is 2.30. The van der Waals surface area contributed by atoms with Crippen molar-refractivity contribution in [3.63, 3.8) is 0 Å². The molecule has 32 heavy (non-hydrogen) atoms. The summed E-state index contributed by atoms with van der Waals surface area (Å²) in [5.41, 5.74) is 1.36. The normalized spacial score (nSPS) is 18.9. The van der Waals surface area contributed by atoms with Gasteiger partial charge >= 0.3 is 0 Å². The number of nitrogens with zero attached hydrogens (tertiary/aromatic N) is 2. The maximum atomic E-state index is 13.3. The monoisotopic (exact) mass is 453 g/mol. The third-order valence-corrected chi connectivity index (χ3v) is 5.49. The highest BCUT2D eigenvalue weighted by atomic mass is 35.5. The van der Waals surface area contributed by atoms with E-state index in [1.165, 1.54) is 0 Å². The number of carbonyl (C=O) groups is 3. The Balaban J connectivity index is 1.58. The second-order valence-corrected chi connectivity index (χ2v) is 7.99. The molecule has 1 aliphatic rings. The van der Waals surface area contributed by atoms with Gasteiger partial charge in [0.2, 0.25) is 17.7 Å². The summed E-state index contributed by atoms with van der Waals surface area (Å²) in [5, 5.41) is 5.76. The maximum Gasteiger partial charge on any atom is 0.262 e. The van der Waals surface area contributed by atoms with Crippen LogP contribution in [-0.4, -0.2) is 27.3 Å². The fraction of sp³-hybridized carbons (Fsp3) is 0.261. The van der Waals surface area contributed by atoms with Crippen LogP contribution in [0.1, 0.15) is 37.2 Å². The van der Waals surface area contributed by atoms with Crippen molar-refractivity contribution in [2.24, 2.45) is 0 Å².